The standard InChI is InChI=1S/C10H17N3S/c1-3-14-7-9(12-2)8-5-4-6-13-10(8)11/h4-6,9,12H,3,7H2,1-2H3,(H2,11,13). The van der Waals surface area contributed by atoms with E-state index in [0.717, 1.165) is 17.1 Å². The van der Waals surface area contributed by atoms with Gasteiger partial charge in [0, 0.05) is 23.6 Å². The fourth-order valence-electron chi connectivity index (χ4n) is 1.29. The Morgan fingerprint density at radius 3 is 3.00 bits per heavy atom. The SMILES string of the molecule is CCSCC(NC)c1cccnc1N. The lowest BCUT2D eigenvalue weighted by Gasteiger charge is -2.16. The molecule has 1 aromatic rings. The van der Waals surface area contributed by atoms with Crippen LogP contribution in [0, 0.1) is 0 Å². The lowest BCUT2D eigenvalue weighted by atomic mass is 10.1. The van der Waals surface area contributed by atoms with Crippen molar-refractivity contribution in [3.8, 4) is 0 Å². The Morgan fingerprint density at radius 1 is 1.64 bits per heavy atom. The molecule has 0 saturated heterocycles. The summed E-state index contributed by atoms with van der Waals surface area (Å²) >= 11 is 1.90. The van der Waals surface area contributed by atoms with E-state index < -0.39 is 0 Å². The maximum absolute atomic E-state index is 5.81. The molecule has 0 amide bonds. The first-order valence-electron chi connectivity index (χ1n) is 4.75. The van der Waals surface area contributed by atoms with E-state index in [4.69, 9.17) is 5.73 Å². The molecule has 3 nitrogen and oxygen atoms in total. The zero-order valence-corrected chi connectivity index (χ0v) is 9.47. The lowest BCUT2D eigenvalue weighted by Crippen LogP contribution is -2.20. The van der Waals surface area contributed by atoms with Crippen LogP contribution in [-0.4, -0.2) is 23.5 Å². The predicted molar refractivity (Wildman–Crippen MR) is 63.4 cm³/mol. The first kappa shape index (κ1) is 11.3. The summed E-state index contributed by atoms with van der Waals surface area (Å²) in [6, 6.07) is 4.25. The van der Waals surface area contributed by atoms with E-state index in [9.17, 15) is 0 Å². The van der Waals surface area contributed by atoms with Crippen LogP contribution in [0.1, 0.15) is 18.5 Å². The molecular weight excluding hydrogens is 194 g/mol. The van der Waals surface area contributed by atoms with Crippen LogP contribution < -0.4 is 11.1 Å². The molecule has 1 heterocycles. The van der Waals surface area contributed by atoms with Crippen LogP contribution in [-0.2, 0) is 0 Å². The molecule has 1 atom stereocenters. The van der Waals surface area contributed by atoms with Gasteiger partial charge in [-0.15, -0.1) is 0 Å². The molecule has 0 saturated carbocycles. The number of thioether (sulfide) groups is 1. The number of rotatable bonds is 5. The van der Waals surface area contributed by atoms with Crippen molar-refractivity contribution in [1.82, 2.24) is 10.3 Å². The van der Waals surface area contributed by atoms with Crippen LogP contribution in [0.2, 0.25) is 0 Å². The molecule has 0 aliphatic rings. The minimum absolute atomic E-state index is 0.300. The third-order valence-corrected chi connectivity index (χ3v) is 3.06. The van der Waals surface area contributed by atoms with Crippen molar-refractivity contribution in [3.63, 3.8) is 0 Å². The summed E-state index contributed by atoms with van der Waals surface area (Å²) in [5.74, 6) is 2.78. The first-order chi connectivity index (χ1) is 6.79. The summed E-state index contributed by atoms with van der Waals surface area (Å²) in [7, 11) is 1.95. The van der Waals surface area contributed by atoms with Crippen LogP contribution in [0.25, 0.3) is 0 Å². The highest BCUT2D eigenvalue weighted by Gasteiger charge is 2.11. The molecule has 0 bridgehead atoms. The molecule has 0 fully saturated rings. The summed E-state index contributed by atoms with van der Waals surface area (Å²) in [5, 5.41) is 3.25. The van der Waals surface area contributed by atoms with E-state index >= 15 is 0 Å². The third-order valence-electron chi connectivity index (χ3n) is 2.08. The third kappa shape index (κ3) is 2.89. The maximum Gasteiger partial charge on any atom is 0.128 e. The number of nitrogens with zero attached hydrogens (tertiary/aromatic N) is 1. The van der Waals surface area contributed by atoms with Gasteiger partial charge in [0.2, 0.25) is 0 Å². The zero-order chi connectivity index (χ0) is 10.4. The second-order valence-corrected chi connectivity index (χ2v) is 4.30. The Bertz CT molecular complexity index is 278. The summed E-state index contributed by atoms with van der Waals surface area (Å²) < 4.78 is 0. The highest BCUT2D eigenvalue weighted by Crippen LogP contribution is 2.21. The molecule has 0 aliphatic heterocycles. The van der Waals surface area contributed by atoms with Gasteiger partial charge in [-0.2, -0.15) is 11.8 Å². The van der Waals surface area contributed by atoms with Gasteiger partial charge < -0.3 is 11.1 Å². The van der Waals surface area contributed by atoms with Crippen LogP contribution in [0.15, 0.2) is 18.3 Å². The van der Waals surface area contributed by atoms with E-state index in [0.29, 0.717) is 11.9 Å². The summed E-state index contributed by atoms with van der Waals surface area (Å²) in [6.07, 6.45) is 1.72. The normalized spacial score (nSPS) is 12.7. The zero-order valence-electron chi connectivity index (χ0n) is 8.66. The number of hydrogen-bond donors (Lipinski definition) is 2. The van der Waals surface area contributed by atoms with Gasteiger partial charge in [-0.3, -0.25) is 0 Å². The molecule has 3 N–H and O–H groups in total. The Labute approximate surface area is 89.5 Å². The number of anilines is 1. The van der Waals surface area contributed by atoms with Crippen LogP contribution in [0.4, 0.5) is 5.82 Å². The molecule has 14 heavy (non-hydrogen) atoms. The fraction of sp³-hybridized carbons (Fsp3) is 0.500. The summed E-state index contributed by atoms with van der Waals surface area (Å²) in [4.78, 5) is 4.08. The van der Waals surface area contributed by atoms with Crippen LogP contribution >= 0.6 is 11.8 Å². The van der Waals surface area contributed by atoms with Gasteiger partial charge >= 0.3 is 0 Å². The predicted octanol–water partition coefficient (Wildman–Crippen LogP) is 1.68. The Balaban J connectivity index is 2.73. The topological polar surface area (TPSA) is 50.9 Å². The van der Waals surface area contributed by atoms with Gasteiger partial charge in [0.1, 0.15) is 5.82 Å². The van der Waals surface area contributed by atoms with Crippen molar-refractivity contribution in [3.05, 3.63) is 23.9 Å². The van der Waals surface area contributed by atoms with E-state index in [1.165, 1.54) is 0 Å². The average molecular weight is 211 g/mol. The molecule has 1 rings (SSSR count). The largest absolute Gasteiger partial charge is 0.383 e. The van der Waals surface area contributed by atoms with E-state index in [1.807, 2.05) is 30.9 Å². The molecule has 78 valence electrons. The van der Waals surface area contributed by atoms with Crippen LogP contribution in [0.5, 0.6) is 0 Å². The molecule has 0 spiro atoms. The monoisotopic (exact) mass is 211 g/mol. The van der Waals surface area contributed by atoms with E-state index in [2.05, 4.69) is 17.2 Å². The van der Waals surface area contributed by atoms with Gasteiger partial charge in [-0.05, 0) is 18.9 Å². The smallest absolute Gasteiger partial charge is 0.128 e. The van der Waals surface area contributed by atoms with Crippen LogP contribution in [0.3, 0.4) is 0 Å². The minimum atomic E-state index is 0.300. The van der Waals surface area contributed by atoms with Gasteiger partial charge in [-0.1, -0.05) is 13.0 Å². The molecule has 0 aromatic carbocycles. The molecule has 1 unspecified atom stereocenters. The van der Waals surface area contributed by atoms with E-state index in [1.54, 1.807) is 6.20 Å². The Kier molecular flexibility index (Phi) is 4.76. The number of aromatic nitrogens is 1. The van der Waals surface area contributed by atoms with Gasteiger partial charge in [-0.25, -0.2) is 4.98 Å². The van der Waals surface area contributed by atoms with Crippen molar-refractivity contribution >= 4 is 17.6 Å². The molecule has 0 radical (unpaired) electrons. The van der Waals surface area contributed by atoms with Crippen molar-refractivity contribution < 1.29 is 0 Å². The van der Waals surface area contributed by atoms with Crippen molar-refractivity contribution in [1.29, 1.82) is 0 Å². The number of nitrogens with one attached hydrogen (secondary N) is 1. The Morgan fingerprint density at radius 2 is 2.43 bits per heavy atom. The van der Waals surface area contributed by atoms with E-state index in [-0.39, 0.29) is 0 Å². The molecule has 1 aromatic heterocycles. The maximum atomic E-state index is 5.81. The Hall–Kier alpha value is -0.740. The summed E-state index contributed by atoms with van der Waals surface area (Å²) in [6.45, 7) is 2.16. The highest BCUT2D eigenvalue weighted by molar-refractivity contribution is 7.99. The molecular formula is C10H17N3S. The second kappa shape index (κ2) is 5.88. The lowest BCUT2D eigenvalue weighted by molar-refractivity contribution is 0.661. The minimum Gasteiger partial charge on any atom is -0.383 e. The quantitative estimate of drug-likeness (QED) is 0.778. The number of nitrogen functional groups attached to an aromatic ring is 1. The van der Waals surface area contributed by atoms with Crippen molar-refractivity contribution in [2.75, 3.05) is 24.3 Å². The number of pyridine rings is 1. The highest BCUT2D eigenvalue weighted by atomic mass is 32.2. The van der Waals surface area contributed by atoms with Crippen molar-refractivity contribution in [2.24, 2.45) is 0 Å². The van der Waals surface area contributed by atoms with Gasteiger partial charge in [0.25, 0.3) is 0 Å². The van der Waals surface area contributed by atoms with Crippen molar-refractivity contribution in [2.45, 2.75) is 13.0 Å². The molecule has 0 aliphatic carbocycles. The number of hydrogen-bond acceptors (Lipinski definition) is 4. The first-order valence-corrected chi connectivity index (χ1v) is 5.90. The summed E-state index contributed by atoms with van der Waals surface area (Å²) in [5.41, 5.74) is 6.90. The fourth-order valence-corrected chi connectivity index (χ4v) is 2.11. The second-order valence-electron chi connectivity index (χ2n) is 2.98. The van der Waals surface area contributed by atoms with Gasteiger partial charge in [0.05, 0.1) is 0 Å². The van der Waals surface area contributed by atoms with Gasteiger partial charge in [0.15, 0.2) is 0 Å². The number of nitrogens with two attached hydrogens (primary N) is 1. The molecule has 4 heteroatoms. The average Bonchev–Trinajstić information content (AvgIpc) is 2.21.